The van der Waals surface area contributed by atoms with Gasteiger partial charge >= 0.3 is 11.9 Å². The highest BCUT2D eigenvalue weighted by Crippen LogP contribution is 2.31. The molecule has 1 fully saturated rings. The number of nitrogens with zero attached hydrogens (tertiary/aromatic N) is 2. The molecule has 26 heavy (non-hydrogen) atoms. The van der Waals surface area contributed by atoms with Crippen molar-refractivity contribution in [3.8, 4) is 0 Å². The summed E-state index contributed by atoms with van der Waals surface area (Å²) in [6.07, 6.45) is 9.39. The van der Waals surface area contributed by atoms with Crippen LogP contribution in [-0.4, -0.2) is 40.8 Å². The summed E-state index contributed by atoms with van der Waals surface area (Å²) in [5.74, 6) is 0.0434. The Labute approximate surface area is 153 Å². The van der Waals surface area contributed by atoms with E-state index in [9.17, 15) is 14.7 Å². The monoisotopic (exact) mass is 367 g/mol. The molecule has 0 bridgehead atoms. The van der Waals surface area contributed by atoms with Crippen LogP contribution in [0.4, 0.5) is 0 Å². The number of nitrogens with one attached hydrogen (secondary N) is 1. The number of rotatable bonds is 11. The van der Waals surface area contributed by atoms with Gasteiger partial charge in [-0.15, -0.1) is 0 Å². The average molecular weight is 367 g/mol. The first-order chi connectivity index (χ1) is 12.6. The molecule has 0 spiro atoms. The third kappa shape index (κ3) is 7.11. The van der Waals surface area contributed by atoms with E-state index in [1.807, 2.05) is 0 Å². The summed E-state index contributed by atoms with van der Waals surface area (Å²) < 4.78 is 9.81. The second kappa shape index (κ2) is 10.9. The van der Waals surface area contributed by atoms with E-state index < -0.39 is 5.97 Å². The molecule has 2 rings (SSSR count). The summed E-state index contributed by atoms with van der Waals surface area (Å²) in [7, 11) is 1.32. The number of ether oxygens (including phenoxy) is 1. The molecule has 1 aliphatic rings. The quantitative estimate of drug-likeness (QED) is 0.574. The summed E-state index contributed by atoms with van der Waals surface area (Å²) in [6.45, 7) is 0.320. The van der Waals surface area contributed by atoms with Gasteiger partial charge in [0.25, 0.3) is 0 Å². The number of carboxylic acids is 1. The second-order valence-electron chi connectivity index (χ2n) is 6.96. The van der Waals surface area contributed by atoms with Crippen LogP contribution in [0, 0.1) is 5.92 Å². The summed E-state index contributed by atoms with van der Waals surface area (Å²) in [6, 6.07) is 0. The molecule has 0 aromatic carbocycles. The molecule has 146 valence electrons. The smallest absolute Gasteiger partial charge is 0.319 e. The molecule has 2 N–H and O–H groups in total. The molecule has 1 aliphatic carbocycles. The Hall–Kier alpha value is -1.96. The Balaban J connectivity index is 1.83. The Kier molecular flexibility index (Phi) is 8.53. The Bertz CT molecular complexity index is 569. The molecular weight excluding hydrogens is 338 g/mol. The van der Waals surface area contributed by atoms with E-state index in [-0.39, 0.29) is 31.4 Å². The Morgan fingerprint density at radius 3 is 2.81 bits per heavy atom. The first-order valence-electron chi connectivity index (χ1n) is 9.40. The van der Waals surface area contributed by atoms with E-state index in [0.29, 0.717) is 11.7 Å². The highest BCUT2D eigenvalue weighted by Gasteiger charge is 2.23. The molecule has 8 heteroatoms. The number of hydrogen-bond donors (Lipinski definition) is 2. The van der Waals surface area contributed by atoms with E-state index in [0.717, 1.165) is 25.2 Å². The maximum absolute atomic E-state index is 11.2. The fourth-order valence-corrected chi connectivity index (χ4v) is 3.51. The third-order valence-corrected chi connectivity index (χ3v) is 4.92. The summed E-state index contributed by atoms with van der Waals surface area (Å²) in [4.78, 5) is 26.5. The molecule has 1 aromatic rings. The average Bonchev–Trinajstić information content (AvgIpc) is 3.10. The minimum Gasteiger partial charge on any atom is -0.481 e. The first kappa shape index (κ1) is 20.4. The summed E-state index contributed by atoms with van der Waals surface area (Å²) in [5.41, 5.74) is 0. The van der Waals surface area contributed by atoms with Crippen molar-refractivity contribution in [2.75, 3.05) is 13.7 Å². The molecule has 0 saturated heterocycles. The molecule has 8 nitrogen and oxygen atoms in total. The van der Waals surface area contributed by atoms with E-state index >= 15 is 0 Å². The van der Waals surface area contributed by atoms with Gasteiger partial charge in [-0.2, -0.15) is 4.98 Å². The van der Waals surface area contributed by atoms with Crippen LogP contribution in [0.1, 0.15) is 75.4 Å². The number of aliphatic carboxylic acids is 1. The van der Waals surface area contributed by atoms with Gasteiger partial charge in [0.15, 0.2) is 5.82 Å². The van der Waals surface area contributed by atoms with Gasteiger partial charge in [-0.1, -0.05) is 50.1 Å². The van der Waals surface area contributed by atoms with Crippen LogP contribution in [0.15, 0.2) is 4.52 Å². The van der Waals surface area contributed by atoms with Gasteiger partial charge in [-0.25, -0.2) is 0 Å². The molecule has 1 atom stereocenters. The molecule has 0 amide bonds. The topological polar surface area (TPSA) is 115 Å². The molecule has 1 aromatic heterocycles. The predicted molar refractivity (Wildman–Crippen MR) is 93.4 cm³/mol. The molecular formula is C18H29N3O5. The van der Waals surface area contributed by atoms with Crippen LogP contribution in [0.5, 0.6) is 0 Å². The Morgan fingerprint density at radius 2 is 2.12 bits per heavy atom. The zero-order valence-electron chi connectivity index (χ0n) is 15.4. The predicted octanol–water partition coefficient (Wildman–Crippen LogP) is 2.64. The van der Waals surface area contributed by atoms with E-state index in [1.54, 1.807) is 0 Å². The van der Waals surface area contributed by atoms with E-state index in [1.165, 1.54) is 39.2 Å². The lowest BCUT2D eigenvalue weighted by Crippen LogP contribution is -2.23. The van der Waals surface area contributed by atoms with Crippen molar-refractivity contribution >= 4 is 11.9 Å². The SMILES string of the molecule is COC(=O)CNCc1noc([C@H](CCCC2CCCCC2)CC(=O)O)n1. The van der Waals surface area contributed by atoms with Crippen molar-refractivity contribution in [1.29, 1.82) is 0 Å². The lowest BCUT2D eigenvalue weighted by Gasteiger charge is -2.21. The summed E-state index contributed by atoms with van der Waals surface area (Å²) in [5, 5.41) is 15.9. The van der Waals surface area contributed by atoms with Gasteiger partial charge in [0, 0.05) is 5.92 Å². The number of aromatic nitrogens is 2. The molecule has 0 aliphatic heterocycles. The third-order valence-electron chi connectivity index (χ3n) is 4.92. The number of carbonyl (C=O) groups excluding carboxylic acids is 1. The number of esters is 1. The van der Waals surface area contributed by atoms with Gasteiger partial charge in [-0.05, 0) is 12.3 Å². The van der Waals surface area contributed by atoms with Crippen molar-refractivity contribution in [1.82, 2.24) is 15.5 Å². The molecule has 1 saturated carbocycles. The lowest BCUT2D eigenvalue weighted by molar-refractivity contribution is -0.139. The van der Waals surface area contributed by atoms with Crippen LogP contribution in [0.3, 0.4) is 0 Å². The molecule has 1 heterocycles. The maximum atomic E-state index is 11.2. The van der Waals surface area contributed by atoms with Gasteiger partial charge < -0.3 is 14.4 Å². The van der Waals surface area contributed by atoms with Gasteiger partial charge in [-0.3, -0.25) is 14.9 Å². The molecule has 0 unspecified atom stereocenters. The number of carboxylic acid groups (broad SMARTS) is 1. The van der Waals surface area contributed by atoms with Gasteiger partial charge in [0.1, 0.15) is 0 Å². The fraction of sp³-hybridized carbons (Fsp3) is 0.778. The lowest BCUT2D eigenvalue weighted by atomic mass is 9.84. The zero-order valence-corrected chi connectivity index (χ0v) is 15.4. The minimum atomic E-state index is -0.865. The van der Waals surface area contributed by atoms with Gasteiger partial charge in [0.2, 0.25) is 5.89 Å². The normalized spacial score (nSPS) is 16.3. The van der Waals surface area contributed by atoms with Crippen molar-refractivity contribution in [2.24, 2.45) is 5.92 Å². The van der Waals surface area contributed by atoms with Crippen molar-refractivity contribution < 1.29 is 24.0 Å². The van der Waals surface area contributed by atoms with Crippen LogP contribution >= 0.6 is 0 Å². The van der Waals surface area contributed by atoms with Crippen molar-refractivity contribution in [2.45, 2.75) is 70.3 Å². The van der Waals surface area contributed by atoms with Crippen LogP contribution < -0.4 is 5.32 Å². The van der Waals surface area contributed by atoms with Crippen LogP contribution in [0.25, 0.3) is 0 Å². The largest absolute Gasteiger partial charge is 0.481 e. The first-order valence-corrected chi connectivity index (χ1v) is 9.40. The summed E-state index contributed by atoms with van der Waals surface area (Å²) >= 11 is 0. The molecule has 0 radical (unpaired) electrons. The van der Waals surface area contributed by atoms with Crippen molar-refractivity contribution in [3.63, 3.8) is 0 Å². The fourth-order valence-electron chi connectivity index (χ4n) is 3.51. The van der Waals surface area contributed by atoms with E-state index in [4.69, 9.17) is 4.52 Å². The minimum absolute atomic E-state index is 0.0120. The highest BCUT2D eigenvalue weighted by molar-refractivity contribution is 5.71. The number of hydrogen-bond acceptors (Lipinski definition) is 7. The maximum Gasteiger partial charge on any atom is 0.319 e. The number of methoxy groups -OCH3 is 1. The zero-order chi connectivity index (χ0) is 18.8. The highest BCUT2D eigenvalue weighted by atomic mass is 16.5. The van der Waals surface area contributed by atoms with Gasteiger partial charge in [0.05, 0.1) is 26.6 Å². The second-order valence-corrected chi connectivity index (χ2v) is 6.96. The van der Waals surface area contributed by atoms with Crippen LogP contribution in [-0.2, 0) is 20.9 Å². The van der Waals surface area contributed by atoms with Crippen LogP contribution in [0.2, 0.25) is 0 Å². The Morgan fingerprint density at radius 1 is 1.35 bits per heavy atom. The van der Waals surface area contributed by atoms with E-state index in [2.05, 4.69) is 20.2 Å². The van der Waals surface area contributed by atoms with Crippen molar-refractivity contribution in [3.05, 3.63) is 11.7 Å². The number of carbonyl (C=O) groups is 2. The standard InChI is InChI=1S/C18H29N3O5/c1-25-17(24)12-19-11-15-20-18(26-21-15)14(10-16(22)23)9-5-8-13-6-3-2-4-7-13/h13-14,19H,2-12H2,1H3,(H,22,23)/t14-/m1/s1.